The van der Waals surface area contributed by atoms with Crippen LogP contribution in [0.5, 0.6) is 0 Å². The lowest BCUT2D eigenvalue weighted by Crippen LogP contribution is -2.47. The standard InChI is InChI=1S/C21H27N3S/c1-17-7-5-11-19(22-17)12-6-8-18-13-15-24(16-14-18)21(25)23-20-9-3-2-4-10-20/h5,7-8,11,20H,2-4,9-10,13-16H2,1H3,(H,23,25). The van der Waals surface area contributed by atoms with Crippen LogP contribution in [0.15, 0.2) is 29.8 Å². The molecule has 0 unspecified atom stereocenters. The molecule has 1 aliphatic heterocycles. The first-order chi connectivity index (χ1) is 12.2. The number of thiocarbonyl (C=S) groups is 1. The average Bonchev–Trinajstić information content (AvgIpc) is 2.63. The van der Waals surface area contributed by atoms with Crippen molar-refractivity contribution in [3.05, 3.63) is 41.2 Å². The van der Waals surface area contributed by atoms with Gasteiger partial charge in [0.05, 0.1) is 0 Å². The van der Waals surface area contributed by atoms with E-state index in [2.05, 4.69) is 33.1 Å². The molecule has 4 heteroatoms. The Morgan fingerprint density at radius 2 is 2.00 bits per heavy atom. The summed E-state index contributed by atoms with van der Waals surface area (Å²) in [6.07, 6.45) is 10.7. The van der Waals surface area contributed by atoms with E-state index in [1.54, 1.807) is 0 Å². The van der Waals surface area contributed by atoms with Gasteiger partial charge in [0.25, 0.3) is 0 Å². The smallest absolute Gasteiger partial charge is 0.169 e. The summed E-state index contributed by atoms with van der Waals surface area (Å²) in [5.74, 6) is 6.30. The molecule has 0 atom stereocenters. The molecule has 1 aromatic rings. The Balaban J connectivity index is 1.47. The molecular weight excluding hydrogens is 326 g/mol. The zero-order valence-corrected chi connectivity index (χ0v) is 15.9. The third-order valence-corrected chi connectivity index (χ3v) is 5.37. The van der Waals surface area contributed by atoms with Gasteiger partial charge in [-0.1, -0.05) is 36.8 Å². The third-order valence-electron chi connectivity index (χ3n) is 4.99. The van der Waals surface area contributed by atoms with Gasteiger partial charge in [-0.15, -0.1) is 0 Å². The minimum absolute atomic E-state index is 0.589. The minimum Gasteiger partial charge on any atom is -0.360 e. The molecular formula is C21H27N3S. The van der Waals surface area contributed by atoms with Gasteiger partial charge in [-0.3, -0.25) is 0 Å². The summed E-state index contributed by atoms with van der Waals surface area (Å²) in [6, 6.07) is 6.53. The van der Waals surface area contributed by atoms with Crippen LogP contribution in [-0.4, -0.2) is 34.1 Å². The van der Waals surface area contributed by atoms with Crippen molar-refractivity contribution < 1.29 is 0 Å². The Morgan fingerprint density at radius 3 is 2.72 bits per heavy atom. The lowest BCUT2D eigenvalue weighted by atomic mass is 9.96. The number of aromatic nitrogens is 1. The predicted molar refractivity (Wildman–Crippen MR) is 107 cm³/mol. The molecule has 3 rings (SSSR count). The molecule has 0 bridgehead atoms. The monoisotopic (exact) mass is 353 g/mol. The van der Waals surface area contributed by atoms with Crippen molar-refractivity contribution >= 4 is 17.3 Å². The molecule has 1 aromatic heterocycles. The van der Waals surface area contributed by atoms with Gasteiger partial charge in [0.1, 0.15) is 5.69 Å². The number of pyridine rings is 1. The van der Waals surface area contributed by atoms with Crippen molar-refractivity contribution in [1.29, 1.82) is 0 Å². The second-order valence-electron chi connectivity index (χ2n) is 7.01. The van der Waals surface area contributed by atoms with Crippen molar-refractivity contribution in [1.82, 2.24) is 15.2 Å². The number of nitrogens with one attached hydrogen (secondary N) is 1. The van der Waals surface area contributed by atoms with Gasteiger partial charge in [-0.25, -0.2) is 4.98 Å². The van der Waals surface area contributed by atoms with E-state index in [1.165, 1.54) is 37.7 Å². The number of allylic oxidation sites excluding steroid dienone is 1. The van der Waals surface area contributed by atoms with Crippen LogP contribution in [0.2, 0.25) is 0 Å². The number of piperidine rings is 1. The van der Waals surface area contributed by atoms with Gasteiger partial charge in [0, 0.05) is 24.8 Å². The van der Waals surface area contributed by atoms with Crippen LogP contribution in [0.3, 0.4) is 0 Å². The first-order valence-corrected chi connectivity index (χ1v) is 9.80. The molecule has 3 nitrogen and oxygen atoms in total. The zero-order chi connectivity index (χ0) is 17.5. The van der Waals surface area contributed by atoms with Crippen LogP contribution < -0.4 is 5.32 Å². The number of rotatable bonds is 1. The summed E-state index contributed by atoms with van der Waals surface area (Å²) in [6.45, 7) is 3.98. The first-order valence-electron chi connectivity index (χ1n) is 9.39. The summed E-state index contributed by atoms with van der Waals surface area (Å²) in [4.78, 5) is 6.73. The number of hydrogen-bond acceptors (Lipinski definition) is 2. The molecule has 0 amide bonds. The molecule has 2 heterocycles. The number of aryl methyl sites for hydroxylation is 1. The highest BCUT2D eigenvalue weighted by Crippen LogP contribution is 2.19. The van der Waals surface area contributed by atoms with E-state index in [1.807, 2.05) is 25.1 Å². The molecule has 1 aliphatic carbocycles. The SMILES string of the molecule is Cc1cccc(C#CC=C2CCN(C(=S)NC3CCCCC3)CC2)n1. The van der Waals surface area contributed by atoms with E-state index in [0.717, 1.165) is 42.4 Å². The Hall–Kier alpha value is -1.86. The van der Waals surface area contributed by atoms with Crippen LogP contribution in [-0.2, 0) is 0 Å². The number of likely N-dealkylation sites (tertiary alicyclic amines) is 1. The molecule has 0 aromatic carbocycles. The highest BCUT2D eigenvalue weighted by atomic mass is 32.1. The lowest BCUT2D eigenvalue weighted by Gasteiger charge is -2.33. The fraction of sp³-hybridized carbons (Fsp3) is 0.524. The first kappa shape index (κ1) is 17.9. The number of nitrogens with zero attached hydrogens (tertiary/aromatic N) is 2. The second kappa shape index (κ2) is 9.01. The summed E-state index contributed by atoms with van der Waals surface area (Å²) < 4.78 is 0. The maximum Gasteiger partial charge on any atom is 0.169 e. The zero-order valence-electron chi connectivity index (χ0n) is 15.1. The Labute approximate surface area is 156 Å². The van der Waals surface area contributed by atoms with Crippen LogP contribution in [0.4, 0.5) is 0 Å². The molecule has 1 saturated carbocycles. The quantitative estimate of drug-likeness (QED) is 0.611. The highest BCUT2D eigenvalue weighted by molar-refractivity contribution is 7.80. The molecule has 2 aliphatic rings. The Kier molecular flexibility index (Phi) is 6.47. The van der Waals surface area contributed by atoms with Crippen molar-refractivity contribution in [2.75, 3.05) is 13.1 Å². The van der Waals surface area contributed by atoms with Crippen molar-refractivity contribution in [3.8, 4) is 11.8 Å². The minimum atomic E-state index is 0.589. The summed E-state index contributed by atoms with van der Waals surface area (Å²) in [5, 5.41) is 4.52. The van der Waals surface area contributed by atoms with Gasteiger partial charge < -0.3 is 10.2 Å². The van der Waals surface area contributed by atoms with Gasteiger partial charge in [-0.2, -0.15) is 0 Å². The predicted octanol–water partition coefficient (Wildman–Crippen LogP) is 3.97. The van der Waals surface area contributed by atoms with Gasteiger partial charge >= 0.3 is 0 Å². The van der Waals surface area contributed by atoms with Crippen molar-refractivity contribution in [2.45, 2.75) is 57.9 Å². The fourth-order valence-electron chi connectivity index (χ4n) is 3.48. The molecule has 25 heavy (non-hydrogen) atoms. The fourth-order valence-corrected chi connectivity index (χ4v) is 3.83. The Morgan fingerprint density at radius 1 is 1.24 bits per heavy atom. The van der Waals surface area contributed by atoms with E-state index in [4.69, 9.17) is 12.2 Å². The molecule has 0 spiro atoms. The van der Waals surface area contributed by atoms with Crippen LogP contribution >= 0.6 is 12.2 Å². The normalized spacial score (nSPS) is 18.3. The van der Waals surface area contributed by atoms with E-state index >= 15 is 0 Å². The maximum atomic E-state index is 5.62. The highest BCUT2D eigenvalue weighted by Gasteiger charge is 2.19. The summed E-state index contributed by atoms with van der Waals surface area (Å²) in [5.41, 5.74) is 3.26. The van der Waals surface area contributed by atoms with Gasteiger partial charge in [0.15, 0.2) is 5.11 Å². The van der Waals surface area contributed by atoms with Gasteiger partial charge in [-0.05, 0) is 69.0 Å². The van der Waals surface area contributed by atoms with E-state index < -0.39 is 0 Å². The summed E-state index contributed by atoms with van der Waals surface area (Å²) in [7, 11) is 0. The van der Waals surface area contributed by atoms with Crippen LogP contribution in [0.25, 0.3) is 0 Å². The Bertz CT molecular complexity index is 683. The van der Waals surface area contributed by atoms with Crippen LogP contribution in [0.1, 0.15) is 56.3 Å². The van der Waals surface area contributed by atoms with Crippen molar-refractivity contribution in [2.24, 2.45) is 0 Å². The molecule has 132 valence electrons. The largest absolute Gasteiger partial charge is 0.360 e. The summed E-state index contributed by atoms with van der Waals surface area (Å²) >= 11 is 5.62. The van der Waals surface area contributed by atoms with E-state index in [0.29, 0.717) is 6.04 Å². The molecule has 1 N–H and O–H groups in total. The lowest BCUT2D eigenvalue weighted by molar-refractivity contribution is 0.355. The average molecular weight is 354 g/mol. The molecule has 0 radical (unpaired) electrons. The molecule has 1 saturated heterocycles. The van der Waals surface area contributed by atoms with Crippen LogP contribution in [0, 0.1) is 18.8 Å². The van der Waals surface area contributed by atoms with E-state index in [9.17, 15) is 0 Å². The van der Waals surface area contributed by atoms with Gasteiger partial charge in [0.2, 0.25) is 0 Å². The van der Waals surface area contributed by atoms with E-state index in [-0.39, 0.29) is 0 Å². The maximum absolute atomic E-state index is 5.62. The van der Waals surface area contributed by atoms with Crippen molar-refractivity contribution in [3.63, 3.8) is 0 Å². The third kappa shape index (κ3) is 5.57. The number of hydrogen-bond donors (Lipinski definition) is 1. The topological polar surface area (TPSA) is 28.2 Å². The second-order valence-corrected chi connectivity index (χ2v) is 7.39. The molecule has 2 fully saturated rings.